The molecule has 14 heavy (non-hydrogen) atoms. The first-order valence-corrected chi connectivity index (χ1v) is 6.35. The van der Waals surface area contributed by atoms with Crippen LogP contribution in [0.4, 0.5) is 0 Å². The van der Waals surface area contributed by atoms with Crippen molar-refractivity contribution in [2.75, 3.05) is 0 Å². The summed E-state index contributed by atoms with van der Waals surface area (Å²) in [4.78, 5) is 0. The molecule has 0 spiro atoms. The average Bonchev–Trinajstić information content (AvgIpc) is 2.26. The quantitative estimate of drug-likeness (QED) is 0.533. The third-order valence-electron chi connectivity index (χ3n) is 4.26. The zero-order valence-corrected chi connectivity index (χ0v) is 8.97. The number of hydrogen-bond acceptors (Lipinski definition) is 0. The Morgan fingerprint density at radius 2 is 1.21 bits per heavy atom. The summed E-state index contributed by atoms with van der Waals surface area (Å²) >= 11 is 0. The van der Waals surface area contributed by atoms with Crippen LogP contribution in [0.15, 0.2) is 23.3 Å². The van der Waals surface area contributed by atoms with E-state index < -0.39 is 0 Å². The molecule has 0 unspecified atom stereocenters. The minimum atomic E-state index is 0.917. The Hall–Kier alpha value is -0.520. The first-order chi connectivity index (χ1) is 6.93. The van der Waals surface area contributed by atoms with Gasteiger partial charge in [-0.3, -0.25) is 0 Å². The molecular formula is C14H20. The fourth-order valence-corrected chi connectivity index (χ4v) is 3.45. The van der Waals surface area contributed by atoms with Crippen LogP contribution >= 0.6 is 0 Å². The molecule has 0 saturated heterocycles. The van der Waals surface area contributed by atoms with Crippen molar-refractivity contribution in [1.82, 2.24) is 0 Å². The van der Waals surface area contributed by atoms with Gasteiger partial charge in [0.25, 0.3) is 0 Å². The van der Waals surface area contributed by atoms with Crippen molar-refractivity contribution in [3.05, 3.63) is 23.3 Å². The standard InChI is InChI=1S/C14H20/c1-2-6-12-10-14-8-4-3-7-13(14)9-11(12)5-1/h9-12H,1-8H2/t11-,12+. The molecule has 2 atom stereocenters. The number of fused-ring (bicyclic) bond motifs is 2. The molecule has 0 nitrogen and oxygen atoms in total. The van der Waals surface area contributed by atoms with E-state index in [2.05, 4.69) is 12.2 Å². The number of hydrogen-bond donors (Lipinski definition) is 0. The maximum Gasteiger partial charge on any atom is -0.0164 e. The summed E-state index contributed by atoms with van der Waals surface area (Å²) in [6.07, 6.45) is 16.7. The lowest BCUT2D eigenvalue weighted by Gasteiger charge is -2.34. The van der Waals surface area contributed by atoms with Crippen molar-refractivity contribution >= 4 is 0 Å². The highest BCUT2D eigenvalue weighted by Crippen LogP contribution is 2.42. The molecule has 0 aromatic rings. The fraction of sp³-hybridized carbons (Fsp3) is 0.714. The second-order valence-corrected chi connectivity index (χ2v) is 5.20. The Morgan fingerprint density at radius 1 is 0.714 bits per heavy atom. The number of allylic oxidation sites excluding steroid dienone is 4. The summed E-state index contributed by atoms with van der Waals surface area (Å²) in [5, 5.41) is 0. The minimum Gasteiger partial charge on any atom is -0.0773 e. The van der Waals surface area contributed by atoms with Crippen LogP contribution in [0.5, 0.6) is 0 Å². The van der Waals surface area contributed by atoms with Gasteiger partial charge in [0.05, 0.1) is 0 Å². The minimum absolute atomic E-state index is 0.917. The average molecular weight is 188 g/mol. The van der Waals surface area contributed by atoms with E-state index in [9.17, 15) is 0 Å². The Bertz CT molecular complexity index is 252. The highest BCUT2D eigenvalue weighted by molar-refractivity contribution is 5.37. The van der Waals surface area contributed by atoms with Gasteiger partial charge in [-0.05, 0) is 61.5 Å². The van der Waals surface area contributed by atoms with Gasteiger partial charge in [-0.1, -0.05) is 25.0 Å². The second-order valence-electron chi connectivity index (χ2n) is 5.20. The second kappa shape index (κ2) is 3.56. The Labute approximate surface area is 87.1 Å². The van der Waals surface area contributed by atoms with Gasteiger partial charge in [-0.2, -0.15) is 0 Å². The molecule has 3 aliphatic rings. The van der Waals surface area contributed by atoms with E-state index in [-0.39, 0.29) is 0 Å². The van der Waals surface area contributed by atoms with E-state index in [1.165, 1.54) is 51.4 Å². The Balaban J connectivity index is 1.86. The van der Waals surface area contributed by atoms with Gasteiger partial charge >= 0.3 is 0 Å². The molecule has 3 rings (SSSR count). The lowest BCUT2D eigenvalue weighted by Crippen LogP contribution is -2.21. The van der Waals surface area contributed by atoms with Crippen LogP contribution in [0.25, 0.3) is 0 Å². The third-order valence-corrected chi connectivity index (χ3v) is 4.26. The van der Waals surface area contributed by atoms with Crippen LogP contribution in [0.1, 0.15) is 51.4 Å². The molecule has 0 aromatic carbocycles. The first kappa shape index (κ1) is 8.76. The molecular weight excluding hydrogens is 168 g/mol. The van der Waals surface area contributed by atoms with Gasteiger partial charge in [0.2, 0.25) is 0 Å². The van der Waals surface area contributed by atoms with Crippen LogP contribution in [0.3, 0.4) is 0 Å². The molecule has 0 heteroatoms. The molecule has 2 fully saturated rings. The molecule has 0 radical (unpaired) electrons. The van der Waals surface area contributed by atoms with Crippen LogP contribution in [-0.4, -0.2) is 0 Å². The van der Waals surface area contributed by atoms with E-state index in [0.29, 0.717) is 0 Å². The molecule has 0 aliphatic heterocycles. The van der Waals surface area contributed by atoms with Crippen molar-refractivity contribution in [3.63, 3.8) is 0 Å². The van der Waals surface area contributed by atoms with Gasteiger partial charge in [0.1, 0.15) is 0 Å². The summed E-state index contributed by atoms with van der Waals surface area (Å²) < 4.78 is 0. The smallest absolute Gasteiger partial charge is 0.0164 e. The highest BCUT2D eigenvalue weighted by Gasteiger charge is 2.27. The van der Waals surface area contributed by atoms with Crippen molar-refractivity contribution in [1.29, 1.82) is 0 Å². The fourth-order valence-electron chi connectivity index (χ4n) is 3.45. The van der Waals surface area contributed by atoms with Crippen LogP contribution < -0.4 is 0 Å². The molecule has 3 aliphatic carbocycles. The summed E-state index contributed by atoms with van der Waals surface area (Å²) in [5.74, 6) is 1.83. The van der Waals surface area contributed by atoms with Gasteiger partial charge in [0, 0.05) is 0 Å². The normalized spacial score (nSPS) is 36.6. The molecule has 2 saturated carbocycles. The predicted molar refractivity (Wildman–Crippen MR) is 60.1 cm³/mol. The van der Waals surface area contributed by atoms with Crippen molar-refractivity contribution < 1.29 is 0 Å². The molecule has 0 N–H and O–H groups in total. The lowest BCUT2D eigenvalue weighted by molar-refractivity contribution is 0.328. The van der Waals surface area contributed by atoms with E-state index in [1.807, 2.05) is 0 Å². The van der Waals surface area contributed by atoms with Crippen LogP contribution in [0.2, 0.25) is 0 Å². The number of rotatable bonds is 0. The molecule has 0 heterocycles. The zero-order valence-electron chi connectivity index (χ0n) is 8.97. The lowest BCUT2D eigenvalue weighted by atomic mass is 9.71. The topological polar surface area (TPSA) is 0 Å². The van der Waals surface area contributed by atoms with Crippen molar-refractivity contribution in [3.8, 4) is 0 Å². The van der Waals surface area contributed by atoms with E-state index in [4.69, 9.17) is 0 Å². The van der Waals surface area contributed by atoms with Gasteiger partial charge in [-0.25, -0.2) is 0 Å². The summed E-state index contributed by atoms with van der Waals surface area (Å²) in [5.41, 5.74) is 3.44. The van der Waals surface area contributed by atoms with E-state index in [0.717, 1.165) is 11.8 Å². The van der Waals surface area contributed by atoms with E-state index >= 15 is 0 Å². The molecule has 76 valence electrons. The zero-order chi connectivity index (χ0) is 9.38. The first-order valence-electron chi connectivity index (χ1n) is 6.35. The molecule has 0 bridgehead atoms. The van der Waals surface area contributed by atoms with E-state index in [1.54, 1.807) is 11.1 Å². The molecule has 0 amide bonds. The Morgan fingerprint density at radius 3 is 1.71 bits per heavy atom. The summed E-state index contributed by atoms with van der Waals surface area (Å²) in [6.45, 7) is 0. The van der Waals surface area contributed by atoms with Gasteiger partial charge < -0.3 is 0 Å². The van der Waals surface area contributed by atoms with Crippen LogP contribution in [-0.2, 0) is 0 Å². The third kappa shape index (κ3) is 1.45. The maximum absolute atomic E-state index is 2.64. The monoisotopic (exact) mass is 188 g/mol. The summed E-state index contributed by atoms with van der Waals surface area (Å²) in [7, 11) is 0. The summed E-state index contributed by atoms with van der Waals surface area (Å²) in [6, 6.07) is 0. The Kier molecular flexibility index (Phi) is 2.23. The predicted octanol–water partition coefficient (Wildman–Crippen LogP) is 4.23. The highest BCUT2D eigenvalue weighted by atomic mass is 14.3. The van der Waals surface area contributed by atoms with Gasteiger partial charge in [0.15, 0.2) is 0 Å². The maximum atomic E-state index is 2.64. The molecule has 0 aromatic heterocycles. The van der Waals surface area contributed by atoms with Crippen LogP contribution in [0, 0.1) is 11.8 Å². The van der Waals surface area contributed by atoms with Gasteiger partial charge in [-0.15, -0.1) is 0 Å². The SMILES string of the molecule is C1=C2CCCCC2=C[C@H]2CCCC[C@@H]12. The van der Waals surface area contributed by atoms with Crippen molar-refractivity contribution in [2.45, 2.75) is 51.4 Å². The van der Waals surface area contributed by atoms with Crippen molar-refractivity contribution in [2.24, 2.45) is 11.8 Å². The largest absolute Gasteiger partial charge is 0.0773 e.